The fourth-order valence-corrected chi connectivity index (χ4v) is 1.85. The van der Waals surface area contributed by atoms with E-state index in [1.54, 1.807) is 0 Å². The first kappa shape index (κ1) is 11.9. The van der Waals surface area contributed by atoms with Crippen LogP contribution >= 0.6 is 0 Å². The number of carbonyl (C=O) groups excluding carboxylic acids is 1. The standard InChI is InChI=1S/C13H18N2O2/c1-2-8-17-10-11-9-15(14-13(11)16)12-6-4-3-5-7-12/h3-7,11H,2,8-10H2,1H3,(H,14,16). The Kier molecular flexibility index (Phi) is 3.98. The van der Waals surface area contributed by atoms with E-state index in [1.807, 2.05) is 35.3 Å². The topological polar surface area (TPSA) is 41.6 Å². The maximum absolute atomic E-state index is 11.7. The Morgan fingerprint density at radius 3 is 2.88 bits per heavy atom. The molecule has 1 aliphatic rings. The number of hydrogen-bond acceptors (Lipinski definition) is 3. The zero-order valence-corrected chi connectivity index (χ0v) is 10.1. The van der Waals surface area contributed by atoms with Crippen LogP contribution in [0.2, 0.25) is 0 Å². The normalized spacial score (nSPS) is 19.5. The van der Waals surface area contributed by atoms with Crippen molar-refractivity contribution in [3.8, 4) is 0 Å². The molecule has 17 heavy (non-hydrogen) atoms. The molecule has 1 aromatic rings. The third kappa shape index (κ3) is 2.97. The second kappa shape index (κ2) is 5.68. The summed E-state index contributed by atoms with van der Waals surface area (Å²) in [5.74, 6) is -0.0216. The molecule has 1 heterocycles. The second-order valence-electron chi connectivity index (χ2n) is 4.19. The predicted octanol–water partition coefficient (Wildman–Crippen LogP) is 1.58. The molecule has 1 aromatic carbocycles. The second-order valence-corrected chi connectivity index (χ2v) is 4.19. The van der Waals surface area contributed by atoms with E-state index < -0.39 is 0 Å². The maximum Gasteiger partial charge on any atom is 0.245 e. The number of hydrogen-bond donors (Lipinski definition) is 1. The molecule has 0 radical (unpaired) electrons. The third-order valence-electron chi connectivity index (χ3n) is 2.75. The molecule has 1 saturated heterocycles. The van der Waals surface area contributed by atoms with Gasteiger partial charge < -0.3 is 4.74 Å². The summed E-state index contributed by atoms with van der Waals surface area (Å²) in [4.78, 5) is 11.7. The van der Waals surface area contributed by atoms with Gasteiger partial charge in [0, 0.05) is 6.61 Å². The maximum atomic E-state index is 11.7. The van der Waals surface area contributed by atoms with E-state index in [1.165, 1.54) is 0 Å². The van der Waals surface area contributed by atoms with Crippen LogP contribution in [-0.4, -0.2) is 25.7 Å². The molecule has 0 aliphatic carbocycles. The summed E-state index contributed by atoms with van der Waals surface area (Å²) >= 11 is 0. The van der Waals surface area contributed by atoms with Crippen LogP contribution in [0.3, 0.4) is 0 Å². The van der Waals surface area contributed by atoms with Gasteiger partial charge >= 0.3 is 0 Å². The summed E-state index contributed by atoms with van der Waals surface area (Å²) in [6, 6.07) is 9.85. The lowest BCUT2D eigenvalue weighted by atomic mass is 10.1. The van der Waals surface area contributed by atoms with Gasteiger partial charge in [0.05, 0.1) is 24.8 Å². The highest BCUT2D eigenvalue weighted by Gasteiger charge is 2.30. The monoisotopic (exact) mass is 234 g/mol. The largest absolute Gasteiger partial charge is 0.381 e. The van der Waals surface area contributed by atoms with Gasteiger partial charge in [-0.2, -0.15) is 0 Å². The van der Waals surface area contributed by atoms with Gasteiger partial charge in [0.15, 0.2) is 0 Å². The molecule has 0 spiro atoms. The zero-order valence-electron chi connectivity index (χ0n) is 10.1. The molecule has 0 saturated carbocycles. The fraction of sp³-hybridized carbons (Fsp3) is 0.462. The molecular formula is C13H18N2O2. The summed E-state index contributed by atoms with van der Waals surface area (Å²) in [5, 5.41) is 1.88. The zero-order chi connectivity index (χ0) is 12.1. The van der Waals surface area contributed by atoms with Gasteiger partial charge in [0.2, 0.25) is 5.91 Å². The molecule has 0 aromatic heterocycles. The number of ether oxygens (including phenoxy) is 1. The van der Waals surface area contributed by atoms with E-state index in [9.17, 15) is 4.79 Å². The van der Waals surface area contributed by atoms with E-state index in [-0.39, 0.29) is 11.8 Å². The SMILES string of the molecule is CCCOCC1CN(c2ccccc2)NC1=O. The van der Waals surface area contributed by atoms with Crippen LogP contribution in [0.15, 0.2) is 30.3 Å². The van der Waals surface area contributed by atoms with Crippen LogP contribution in [0.5, 0.6) is 0 Å². The van der Waals surface area contributed by atoms with Crippen LogP contribution < -0.4 is 10.4 Å². The van der Waals surface area contributed by atoms with Gasteiger partial charge in [0.25, 0.3) is 0 Å². The lowest BCUT2D eigenvalue weighted by molar-refractivity contribution is -0.123. The van der Waals surface area contributed by atoms with Gasteiger partial charge in [-0.25, -0.2) is 0 Å². The van der Waals surface area contributed by atoms with E-state index in [0.717, 1.165) is 18.7 Å². The summed E-state index contributed by atoms with van der Waals surface area (Å²) in [6.45, 7) is 3.95. The summed E-state index contributed by atoms with van der Waals surface area (Å²) in [7, 11) is 0. The number of hydrazine groups is 1. The number of anilines is 1. The average Bonchev–Trinajstić information content (AvgIpc) is 2.73. The number of amides is 1. The van der Waals surface area contributed by atoms with Gasteiger partial charge in [0.1, 0.15) is 0 Å². The van der Waals surface area contributed by atoms with Crippen molar-refractivity contribution in [3.05, 3.63) is 30.3 Å². The van der Waals surface area contributed by atoms with Gasteiger partial charge in [-0.05, 0) is 18.6 Å². The lowest BCUT2D eigenvalue weighted by Crippen LogP contribution is -2.32. The quantitative estimate of drug-likeness (QED) is 0.786. The Bertz CT molecular complexity index is 367. The minimum absolute atomic E-state index is 0.0463. The minimum atomic E-state index is -0.0678. The Morgan fingerprint density at radius 1 is 1.41 bits per heavy atom. The Hall–Kier alpha value is -1.55. The number of carbonyl (C=O) groups is 1. The van der Waals surface area contributed by atoms with E-state index in [4.69, 9.17) is 4.74 Å². The van der Waals surface area contributed by atoms with Gasteiger partial charge in [-0.3, -0.25) is 15.2 Å². The molecule has 1 N–H and O–H groups in total. The predicted molar refractivity (Wildman–Crippen MR) is 66.5 cm³/mol. The highest BCUT2D eigenvalue weighted by molar-refractivity contribution is 5.84. The number of nitrogens with one attached hydrogen (secondary N) is 1. The fourth-order valence-electron chi connectivity index (χ4n) is 1.85. The van der Waals surface area contributed by atoms with Crippen molar-refractivity contribution in [3.63, 3.8) is 0 Å². The molecule has 1 atom stereocenters. The molecule has 1 unspecified atom stereocenters. The molecule has 4 heteroatoms. The molecular weight excluding hydrogens is 216 g/mol. The Morgan fingerprint density at radius 2 is 2.18 bits per heavy atom. The molecule has 92 valence electrons. The summed E-state index contributed by atoms with van der Waals surface area (Å²) < 4.78 is 5.43. The molecule has 0 bridgehead atoms. The smallest absolute Gasteiger partial charge is 0.245 e. The van der Waals surface area contributed by atoms with Gasteiger partial charge in [-0.15, -0.1) is 0 Å². The first-order valence-corrected chi connectivity index (χ1v) is 6.02. The Balaban J connectivity index is 1.91. The van der Waals surface area contributed by atoms with Gasteiger partial charge in [-0.1, -0.05) is 25.1 Å². The van der Waals surface area contributed by atoms with E-state index in [2.05, 4.69) is 12.3 Å². The van der Waals surface area contributed by atoms with Crippen molar-refractivity contribution < 1.29 is 9.53 Å². The van der Waals surface area contributed by atoms with Crippen LogP contribution in [0.4, 0.5) is 5.69 Å². The molecule has 1 amide bonds. The molecule has 2 rings (SSSR count). The number of nitrogens with zero attached hydrogens (tertiary/aromatic N) is 1. The lowest BCUT2D eigenvalue weighted by Gasteiger charge is -2.17. The minimum Gasteiger partial charge on any atom is -0.381 e. The average molecular weight is 234 g/mol. The van der Waals surface area contributed by atoms with Crippen molar-refractivity contribution in [2.24, 2.45) is 5.92 Å². The molecule has 4 nitrogen and oxygen atoms in total. The summed E-state index contributed by atoms with van der Waals surface area (Å²) in [6.07, 6.45) is 0.983. The van der Waals surface area contributed by atoms with Crippen molar-refractivity contribution in [2.45, 2.75) is 13.3 Å². The van der Waals surface area contributed by atoms with Crippen LogP contribution in [0.25, 0.3) is 0 Å². The van der Waals surface area contributed by atoms with E-state index >= 15 is 0 Å². The third-order valence-corrected chi connectivity index (χ3v) is 2.75. The van der Waals surface area contributed by atoms with Crippen LogP contribution in [0, 0.1) is 5.92 Å². The highest BCUT2D eigenvalue weighted by atomic mass is 16.5. The first-order chi connectivity index (χ1) is 8.31. The van der Waals surface area contributed by atoms with Crippen molar-refractivity contribution >= 4 is 11.6 Å². The summed E-state index contributed by atoms with van der Waals surface area (Å²) in [5.41, 5.74) is 3.87. The van der Waals surface area contributed by atoms with Crippen molar-refractivity contribution in [2.75, 3.05) is 24.8 Å². The van der Waals surface area contributed by atoms with E-state index in [0.29, 0.717) is 13.2 Å². The van der Waals surface area contributed by atoms with Crippen molar-refractivity contribution in [1.82, 2.24) is 5.43 Å². The van der Waals surface area contributed by atoms with Crippen LogP contribution in [0.1, 0.15) is 13.3 Å². The van der Waals surface area contributed by atoms with Crippen molar-refractivity contribution in [1.29, 1.82) is 0 Å². The number of rotatable bonds is 5. The first-order valence-electron chi connectivity index (χ1n) is 6.02. The number of benzene rings is 1. The molecule has 1 aliphatic heterocycles. The highest BCUT2D eigenvalue weighted by Crippen LogP contribution is 2.18. The Labute approximate surface area is 102 Å². The van der Waals surface area contributed by atoms with Crippen LogP contribution in [-0.2, 0) is 9.53 Å². The number of para-hydroxylation sites is 1. The molecule has 1 fully saturated rings.